The summed E-state index contributed by atoms with van der Waals surface area (Å²) in [5.41, 5.74) is 18.9. The maximum atomic E-state index is 2.53. The van der Waals surface area contributed by atoms with Crippen LogP contribution in [0.25, 0.3) is 98.0 Å². The van der Waals surface area contributed by atoms with Gasteiger partial charge in [-0.05, 0) is 165 Å². The number of rotatable bonds is 9. The molecule has 0 aliphatic rings. The fourth-order valence-corrected chi connectivity index (χ4v) is 12.3. The number of anilines is 6. The quantitative estimate of drug-likeness (QED) is 0.133. The summed E-state index contributed by atoms with van der Waals surface area (Å²) in [6.07, 6.45) is 0. The van der Waals surface area contributed by atoms with Gasteiger partial charge in [0.25, 0.3) is 0 Å². The second kappa shape index (κ2) is 19.1. The molecule has 0 bridgehead atoms. The molecule has 14 aromatic rings. The lowest BCUT2D eigenvalue weighted by Crippen LogP contribution is -2.11. The molecule has 0 fully saturated rings. The monoisotopic (exact) mass is 996 g/mol. The minimum atomic E-state index is 1.12. The number of benzene rings is 14. The normalized spacial score (nSPS) is 11.6. The largest absolute Gasteiger partial charge is 0.309 e. The Bertz CT molecular complexity index is 4370. The average molecular weight is 997 g/mol. The molecule has 0 saturated carbocycles. The second-order valence-electron chi connectivity index (χ2n) is 21.1. The van der Waals surface area contributed by atoms with Crippen molar-refractivity contribution in [2.45, 2.75) is 27.7 Å². The first-order chi connectivity index (χ1) is 38.4. The highest BCUT2D eigenvalue weighted by Gasteiger charge is 2.27. The Morgan fingerprint density at radius 2 is 0.500 bits per heavy atom. The van der Waals surface area contributed by atoms with Gasteiger partial charge < -0.3 is 9.80 Å². The third-order valence-corrected chi connectivity index (χ3v) is 16.0. The van der Waals surface area contributed by atoms with Gasteiger partial charge in [0.1, 0.15) is 0 Å². The van der Waals surface area contributed by atoms with Gasteiger partial charge in [-0.2, -0.15) is 0 Å². The van der Waals surface area contributed by atoms with E-state index in [2.05, 4.69) is 304 Å². The van der Waals surface area contributed by atoms with Crippen molar-refractivity contribution < 1.29 is 0 Å². The molecular weight excluding hydrogens is 941 g/mol. The minimum Gasteiger partial charge on any atom is -0.309 e. The molecule has 0 amide bonds. The van der Waals surface area contributed by atoms with Crippen LogP contribution >= 0.6 is 0 Å². The van der Waals surface area contributed by atoms with E-state index in [0.29, 0.717) is 0 Å². The van der Waals surface area contributed by atoms with Crippen LogP contribution in [0.3, 0.4) is 0 Å². The van der Waals surface area contributed by atoms with Crippen LogP contribution < -0.4 is 9.80 Å². The highest BCUT2D eigenvalue weighted by molar-refractivity contribution is 6.27. The SMILES string of the molecule is Cc1ccc(N(c2ccc(C)cc2)c2c3ccccc3c(-c3ccc(-c4c5ccccc5c(N(c5ccc(C)cc5)c5ccc(C)cc5)c5ccccc45)c(-c4c5ccccc5cc5ccccc45)c3)c3ccccc23)cc1. The summed E-state index contributed by atoms with van der Waals surface area (Å²) in [6.45, 7) is 8.64. The van der Waals surface area contributed by atoms with Crippen molar-refractivity contribution in [3.8, 4) is 33.4 Å². The third-order valence-electron chi connectivity index (χ3n) is 16.0. The molecular formula is C76H56N2. The van der Waals surface area contributed by atoms with Gasteiger partial charge in [0.05, 0.1) is 11.4 Å². The van der Waals surface area contributed by atoms with Gasteiger partial charge in [-0.25, -0.2) is 0 Å². The molecule has 0 aliphatic heterocycles. The van der Waals surface area contributed by atoms with E-state index in [1.165, 1.54) is 115 Å². The van der Waals surface area contributed by atoms with Crippen molar-refractivity contribution in [2.24, 2.45) is 0 Å². The van der Waals surface area contributed by atoms with Crippen molar-refractivity contribution in [1.82, 2.24) is 0 Å². The number of hydrogen-bond acceptors (Lipinski definition) is 2. The Labute approximate surface area is 456 Å². The van der Waals surface area contributed by atoms with Crippen LogP contribution in [0.15, 0.2) is 267 Å². The van der Waals surface area contributed by atoms with E-state index in [-0.39, 0.29) is 0 Å². The Hall–Kier alpha value is -9.76. The van der Waals surface area contributed by atoms with Gasteiger partial charge >= 0.3 is 0 Å². The van der Waals surface area contributed by atoms with Gasteiger partial charge in [-0.15, -0.1) is 0 Å². The van der Waals surface area contributed by atoms with Gasteiger partial charge in [-0.3, -0.25) is 0 Å². The molecule has 78 heavy (non-hydrogen) atoms. The van der Waals surface area contributed by atoms with Gasteiger partial charge in [0.15, 0.2) is 0 Å². The molecule has 0 aromatic heterocycles. The fourth-order valence-electron chi connectivity index (χ4n) is 12.3. The standard InChI is InChI=1S/C76H56N2/c1-49-29-38-56(39-30-49)77(57-40-31-50(2)32-41-57)75-67-25-13-9-21-62(67)72(63-22-10-14-26-68(63)75)55-37-46-66(71(48-55)73-60-19-7-5-17-53(60)47-54-18-6-8-20-61(54)73)74-64-23-11-15-27-69(64)76(70-28-16-12-24-65(70)74)78(58-42-33-51(3)34-43-58)59-44-35-52(4)36-45-59/h5-48H,1-4H3. The zero-order chi connectivity index (χ0) is 52.4. The Morgan fingerprint density at radius 3 is 0.846 bits per heavy atom. The Morgan fingerprint density at radius 1 is 0.218 bits per heavy atom. The highest BCUT2D eigenvalue weighted by Crippen LogP contribution is 2.53. The zero-order valence-electron chi connectivity index (χ0n) is 44.3. The van der Waals surface area contributed by atoms with Crippen LogP contribution in [-0.4, -0.2) is 0 Å². The van der Waals surface area contributed by atoms with Crippen LogP contribution in [0.5, 0.6) is 0 Å². The van der Waals surface area contributed by atoms with Crippen LogP contribution in [0.2, 0.25) is 0 Å². The van der Waals surface area contributed by atoms with E-state index >= 15 is 0 Å². The average Bonchev–Trinajstić information content (AvgIpc) is 3.53. The minimum absolute atomic E-state index is 1.12. The smallest absolute Gasteiger partial charge is 0.0618 e. The van der Waals surface area contributed by atoms with Crippen molar-refractivity contribution in [3.05, 3.63) is 289 Å². The molecule has 370 valence electrons. The summed E-state index contributed by atoms with van der Waals surface area (Å²) in [6, 6.07) is 99.8. The summed E-state index contributed by atoms with van der Waals surface area (Å²) >= 11 is 0. The zero-order valence-corrected chi connectivity index (χ0v) is 44.3. The lowest BCUT2D eigenvalue weighted by atomic mass is 9.81. The topological polar surface area (TPSA) is 6.48 Å². The van der Waals surface area contributed by atoms with Crippen molar-refractivity contribution in [3.63, 3.8) is 0 Å². The second-order valence-corrected chi connectivity index (χ2v) is 21.1. The predicted octanol–water partition coefficient (Wildman–Crippen LogP) is 21.8. The van der Waals surface area contributed by atoms with E-state index < -0.39 is 0 Å². The molecule has 14 aromatic carbocycles. The molecule has 0 unspecified atom stereocenters. The molecule has 0 N–H and O–H groups in total. The molecule has 2 heteroatoms. The number of hydrogen-bond donors (Lipinski definition) is 0. The molecule has 0 heterocycles. The van der Waals surface area contributed by atoms with Crippen molar-refractivity contribution in [2.75, 3.05) is 9.80 Å². The van der Waals surface area contributed by atoms with Crippen molar-refractivity contribution in [1.29, 1.82) is 0 Å². The summed E-state index contributed by atoms with van der Waals surface area (Å²) < 4.78 is 0. The Balaban J connectivity index is 1.10. The van der Waals surface area contributed by atoms with E-state index in [1.807, 2.05) is 0 Å². The summed E-state index contributed by atoms with van der Waals surface area (Å²) in [7, 11) is 0. The molecule has 0 radical (unpaired) electrons. The summed E-state index contributed by atoms with van der Waals surface area (Å²) in [5, 5.41) is 14.4. The fraction of sp³-hybridized carbons (Fsp3) is 0.0526. The summed E-state index contributed by atoms with van der Waals surface area (Å²) in [4.78, 5) is 4.93. The lowest BCUT2D eigenvalue weighted by Gasteiger charge is -2.30. The maximum Gasteiger partial charge on any atom is 0.0618 e. The maximum absolute atomic E-state index is 2.53. The van der Waals surface area contributed by atoms with Crippen molar-refractivity contribution >= 4 is 98.8 Å². The predicted molar refractivity (Wildman–Crippen MR) is 336 cm³/mol. The van der Waals surface area contributed by atoms with E-state index in [1.54, 1.807) is 0 Å². The van der Waals surface area contributed by atoms with E-state index in [4.69, 9.17) is 0 Å². The van der Waals surface area contributed by atoms with Gasteiger partial charge in [0, 0.05) is 44.3 Å². The Kier molecular flexibility index (Phi) is 11.5. The van der Waals surface area contributed by atoms with Crippen LogP contribution in [0.4, 0.5) is 34.1 Å². The molecule has 14 rings (SSSR count). The number of fused-ring (bicyclic) bond motifs is 6. The molecule has 0 spiro atoms. The molecule has 2 nitrogen and oxygen atoms in total. The first-order valence-corrected chi connectivity index (χ1v) is 27.2. The van der Waals surface area contributed by atoms with Crippen LogP contribution in [0, 0.1) is 27.7 Å². The van der Waals surface area contributed by atoms with Crippen LogP contribution in [-0.2, 0) is 0 Å². The molecule has 0 saturated heterocycles. The third kappa shape index (κ3) is 7.87. The van der Waals surface area contributed by atoms with E-state index in [9.17, 15) is 0 Å². The lowest BCUT2D eigenvalue weighted by molar-refractivity contribution is 1.29. The van der Waals surface area contributed by atoms with Crippen LogP contribution in [0.1, 0.15) is 22.3 Å². The number of aryl methyl sites for hydroxylation is 4. The van der Waals surface area contributed by atoms with Gasteiger partial charge in [0.2, 0.25) is 0 Å². The number of nitrogens with zero attached hydrogens (tertiary/aromatic N) is 2. The molecule has 0 atom stereocenters. The molecule has 0 aliphatic carbocycles. The first kappa shape index (κ1) is 46.7. The van der Waals surface area contributed by atoms with Gasteiger partial charge in [-0.1, -0.05) is 229 Å². The van der Waals surface area contributed by atoms with E-state index in [0.717, 1.165) is 39.7 Å². The summed E-state index contributed by atoms with van der Waals surface area (Å²) in [5.74, 6) is 0. The first-order valence-electron chi connectivity index (χ1n) is 27.2. The highest BCUT2D eigenvalue weighted by atomic mass is 15.2.